The Hall–Kier alpha value is -1.06. The largest absolute Gasteiger partial charge is 0.481 e. The molecule has 3 saturated carbocycles. The molecule has 4 rings (SSSR count). The van der Waals surface area contributed by atoms with E-state index >= 15 is 0 Å². The first-order valence-corrected chi connectivity index (χ1v) is 8.04. The van der Waals surface area contributed by atoms with E-state index in [0.29, 0.717) is 24.3 Å². The molecule has 20 heavy (non-hydrogen) atoms. The highest BCUT2D eigenvalue weighted by molar-refractivity contribution is 5.82. The van der Waals surface area contributed by atoms with E-state index in [1.54, 1.807) is 0 Å². The maximum absolute atomic E-state index is 12.5. The van der Waals surface area contributed by atoms with Crippen molar-refractivity contribution in [3.63, 3.8) is 0 Å². The molecule has 1 aliphatic heterocycles. The van der Waals surface area contributed by atoms with Crippen LogP contribution in [0.1, 0.15) is 39.5 Å². The van der Waals surface area contributed by atoms with Gasteiger partial charge in [-0.05, 0) is 55.8 Å². The van der Waals surface area contributed by atoms with Gasteiger partial charge in [-0.25, -0.2) is 0 Å². The van der Waals surface area contributed by atoms with Crippen LogP contribution in [0.3, 0.4) is 0 Å². The molecule has 4 fully saturated rings. The van der Waals surface area contributed by atoms with Gasteiger partial charge in [-0.3, -0.25) is 9.59 Å². The molecule has 7 unspecified atom stereocenters. The molecule has 7 atom stereocenters. The Kier molecular flexibility index (Phi) is 2.52. The van der Waals surface area contributed by atoms with Crippen molar-refractivity contribution < 1.29 is 14.7 Å². The quantitative estimate of drug-likeness (QED) is 0.839. The minimum atomic E-state index is -0.740. The lowest BCUT2D eigenvalue weighted by Gasteiger charge is -2.42. The Labute approximate surface area is 119 Å². The molecule has 1 amide bonds. The van der Waals surface area contributed by atoms with E-state index in [0.717, 1.165) is 11.8 Å². The summed E-state index contributed by atoms with van der Waals surface area (Å²) < 4.78 is 0. The topological polar surface area (TPSA) is 57.6 Å². The fourth-order valence-corrected chi connectivity index (χ4v) is 5.92. The number of hydrogen-bond acceptors (Lipinski definition) is 2. The minimum absolute atomic E-state index is 0.0402. The number of amides is 1. The van der Waals surface area contributed by atoms with E-state index in [1.807, 2.05) is 18.7 Å². The van der Waals surface area contributed by atoms with Gasteiger partial charge in [0, 0.05) is 18.5 Å². The predicted octanol–water partition coefficient (Wildman–Crippen LogP) is 1.99. The van der Waals surface area contributed by atoms with Crippen molar-refractivity contribution in [3.8, 4) is 0 Å². The highest BCUT2D eigenvalue weighted by Crippen LogP contribution is 2.68. The highest BCUT2D eigenvalue weighted by Gasteiger charge is 2.68. The molecule has 110 valence electrons. The van der Waals surface area contributed by atoms with Crippen molar-refractivity contribution in [2.24, 2.45) is 35.5 Å². The van der Waals surface area contributed by atoms with Crippen molar-refractivity contribution in [1.82, 2.24) is 4.90 Å². The first-order chi connectivity index (χ1) is 9.50. The molecule has 4 nitrogen and oxygen atoms in total. The first kappa shape index (κ1) is 12.7. The summed E-state index contributed by atoms with van der Waals surface area (Å²) in [6.45, 7) is 3.85. The van der Waals surface area contributed by atoms with Crippen molar-refractivity contribution >= 4 is 11.9 Å². The fourth-order valence-electron chi connectivity index (χ4n) is 5.92. The number of carbonyl (C=O) groups excluding carboxylic acids is 1. The van der Waals surface area contributed by atoms with Crippen molar-refractivity contribution in [1.29, 1.82) is 0 Å². The molecule has 0 aromatic rings. The number of aliphatic carboxylic acids is 1. The van der Waals surface area contributed by atoms with Gasteiger partial charge in [-0.15, -0.1) is 0 Å². The van der Waals surface area contributed by atoms with Gasteiger partial charge < -0.3 is 10.0 Å². The lowest BCUT2D eigenvalue weighted by atomic mass is 9.80. The molecule has 1 N–H and O–H groups in total. The van der Waals surface area contributed by atoms with Crippen molar-refractivity contribution in [2.75, 3.05) is 0 Å². The Morgan fingerprint density at radius 3 is 2.35 bits per heavy atom. The molecule has 3 aliphatic carbocycles. The standard InChI is InChI=1S/C16H23NO3/c1-7-5-11(18)17(8(2)12(7)16(19)20)15-13-9-3-4-10(6-9)14(13)15/h7-10,12-15H,3-6H2,1-2H3,(H,19,20). The van der Waals surface area contributed by atoms with Crippen molar-refractivity contribution in [2.45, 2.75) is 51.6 Å². The van der Waals surface area contributed by atoms with Crippen LogP contribution in [0.25, 0.3) is 0 Å². The van der Waals surface area contributed by atoms with Crippen LogP contribution in [0, 0.1) is 35.5 Å². The monoisotopic (exact) mass is 277 g/mol. The van der Waals surface area contributed by atoms with Gasteiger partial charge in [0.05, 0.1) is 5.92 Å². The van der Waals surface area contributed by atoms with Gasteiger partial charge in [0.25, 0.3) is 0 Å². The fraction of sp³-hybridized carbons (Fsp3) is 0.875. The molecular formula is C16H23NO3. The molecule has 4 heteroatoms. The molecule has 0 spiro atoms. The molecule has 2 bridgehead atoms. The number of rotatable bonds is 2. The molecule has 1 heterocycles. The number of carbonyl (C=O) groups is 2. The van der Waals surface area contributed by atoms with Crippen LogP contribution in [0.2, 0.25) is 0 Å². The zero-order valence-electron chi connectivity index (χ0n) is 12.2. The van der Waals surface area contributed by atoms with Crippen LogP contribution in [0.5, 0.6) is 0 Å². The number of piperidine rings is 1. The average molecular weight is 277 g/mol. The average Bonchev–Trinajstić information content (AvgIpc) is 2.78. The summed E-state index contributed by atoms with van der Waals surface area (Å²) in [7, 11) is 0. The second kappa shape index (κ2) is 3.99. The summed E-state index contributed by atoms with van der Waals surface area (Å²) in [5.41, 5.74) is 0. The zero-order chi connectivity index (χ0) is 14.2. The number of fused-ring (bicyclic) bond motifs is 5. The maximum atomic E-state index is 12.5. The summed E-state index contributed by atoms with van der Waals surface area (Å²) in [6, 6.07) is 0.233. The van der Waals surface area contributed by atoms with Gasteiger partial charge in [0.1, 0.15) is 0 Å². The number of carboxylic acids is 1. The van der Waals surface area contributed by atoms with E-state index in [9.17, 15) is 14.7 Å². The molecule has 1 saturated heterocycles. The Morgan fingerprint density at radius 2 is 1.80 bits per heavy atom. The van der Waals surface area contributed by atoms with Crippen LogP contribution in [0.15, 0.2) is 0 Å². The first-order valence-electron chi connectivity index (χ1n) is 8.04. The third-order valence-corrected chi connectivity index (χ3v) is 6.66. The molecule has 0 aromatic heterocycles. The van der Waals surface area contributed by atoms with Gasteiger partial charge in [-0.2, -0.15) is 0 Å². The maximum Gasteiger partial charge on any atom is 0.308 e. The van der Waals surface area contributed by atoms with Crippen LogP contribution in [-0.2, 0) is 9.59 Å². The second-order valence-electron chi connectivity index (χ2n) is 7.57. The second-order valence-corrected chi connectivity index (χ2v) is 7.57. The number of likely N-dealkylation sites (tertiary alicyclic amines) is 1. The van der Waals surface area contributed by atoms with E-state index in [4.69, 9.17) is 0 Å². The zero-order valence-corrected chi connectivity index (χ0v) is 12.2. The summed E-state index contributed by atoms with van der Waals surface area (Å²) in [5, 5.41) is 9.47. The SMILES string of the molecule is CC1CC(=O)N(C2C3C4CCC(C4)C32)C(C)C1C(=O)O. The van der Waals surface area contributed by atoms with E-state index < -0.39 is 11.9 Å². The Bertz CT molecular complexity index is 460. The number of hydrogen-bond donors (Lipinski definition) is 1. The minimum Gasteiger partial charge on any atom is -0.481 e. The van der Waals surface area contributed by atoms with Gasteiger partial charge in [0.15, 0.2) is 0 Å². The third kappa shape index (κ3) is 1.48. The summed E-state index contributed by atoms with van der Waals surface area (Å²) >= 11 is 0. The van der Waals surface area contributed by atoms with Gasteiger partial charge in [0.2, 0.25) is 5.91 Å². The molecular weight excluding hydrogens is 254 g/mol. The van der Waals surface area contributed by atoms with Crippen LogP contribution in [0.4, 0.5) is 0 Å². The summed E-state index contributed by atoms with van der Waals surface area (Å²) in [6.07, 6.45) is 4.43. The third-order valence-electron chi connectivity index (χ3n) is 6.66. The lowest BCUT2D eigenvalue weighted by Crippen LogP contribution is -2.54. The summed E-state index contributed by atoms with van der Waals surface area (Å²) in [5.74, 6) is 2.05. The van der Waals surface area contributed by atoms with E-state index in [1.165, 1.54) is 19.3 Å². The van der Waals surface area contributed by atoms with Gasteiger partial charge >= 0.3 is 5.97 Å². The summed E-state index contributed by atoms with van der Waals surface area (Å²) in [4.78, 5) is 26.0. The van der Waals surface area contributed by atoms with Crippen LogP contribution >= 0.6 is 0 Å². The van der Waals surface area contributed by atoms with Crippen molar-refractivity contribution in [3.05, 3.63) is 0 Å². The van der Waals surface area contributed by atoms with Crippen LogP contribution in [-0.4, -0.2) is 34.0 Å². The number of nitrogens with zero attached hydrogens (tertiary/aromatic N) is 1. The lowest BCUT2D eigenvalue weighted by molar-refractivity contribution is -0.155. The predicted molar refractivity (Wildman–Crippen MR) is 72.8 cm³/mol. The number of carboxylic acid groups (broad SMARTS) is 1. The van der Waals surface area contributed by atoms with E-state index in [-0.39, 0.29) is 17.9 Å². The molecule has 4 aliphatic rings. The molecule has 0 aromatic carbocycles. The smallest absolute Gasteiger partial charge is 0.308 e. The Balaban J connectivity index is 1.59. The normalized spacial score (nSPS) is 53.1. The highest BCUT2D eigenvalue weighted by atomic mass is 16.4. The van der Waals surface area contributed by atoms with E-state index in [2.05, 4.69) is 0 Å². The van der Waals surface area contributed by atoms with Crippen LogP contribution < -0.4 is 0 Å². The molecule has 0 radical (unpaired) electrons. The Morgan fingerprint density at radius 1 is 1.20 bits per heavy atom. The van der Waals surface area contributed by atoms with Gasteiger partial charge in [-0.1, -0.05) is 6.92 Å².